The molecule has 0 fully saturated rings. The van der Waals surface area contributed by atoms with Crippen molar-refractivity contribution in [2.45, 2.75) is 38.2 Å². The smallest absolute Gasteiger partial charge is 0.277 e. The van der Waals surface area contributed by atoms with E-state index in [1.165, 1.54) is 11.8 Å². The van der Waals surface area contributed by atoms with Gasteiger partial charge in [0.05, 0.1) is 5.25 Å². The minimum absolute atomic E-state index is 0.0978. The van der Waals surface area contributed by atoms with Crippen molar-refractivity contribution in [1.29, 1.82) is 0 Å². The average Bonchev–Trinajstić information content (AvgIpc) is 3.06. The summed E-state index contributed by atoms with van der Waals surface area (Å²) in [6, 6.07) is 13.8. The zero-order valence-corrected chi connectivity index (χ0v) is 16.1. The van der Waals surface area contributed by atoms with Crippen LogP contribution in [0.5, 0.6) is 0 Å². The first-order valence-electron chi connectivity index (χ1n) is 8.38. The third-order valence-corrected chi connectivity index (χ3v) is 5.01. The number of carbonyl (C=O) groups excluding carboxylic acids is 1. The summed E-state index contributed by atoms with van der Waals surface area (Å²) in [6.45, 7) is 7.79. The van der Waals surface area contributed by atoms with E-state index in [0.717, 1.165) is 27.9 Å². The van der Waals surface area contributed by atoms with Crippen LogP contribution in [0.1, 0.15) is 23.6 Å². The average molecular weight is 367 g/mol. The van der Waals surface area contributed by atoms with Gasteiger partial charge in [-0.2, -0.15) is 0 Å². The first-order valence-corrected chi connectivity index (χ1v) is 9.26. The monoisotopic (exact) mass is 367 g/mol. The highest BCUT2D eigenvalue weighted by atomic mass is 32.2. The third kappa shape index (κ3) is 4.14. The van der Waals surface area contributed by atoms with E-state index in [9.17, 15) is 4.79 Å². The molecule has 3 rings (SSSR count). The number of hydrogen-bond donors (Lipinski definition) is 1. The number of nitrogens with zero attached hydrogens (tertiary/aromatic N) is 2. The zero-order valence-electron chi connectivity index (χ0n) is 15.2. The molecule has 0 saturated heterocycles. The van der Waals surface area contributed by atoms with E-state index in [2.05, 4.69) is 15.5 Å². The molecular formula is C20H21N3O2S. The molecule has 5 nitrogen and oxygen atoms in total. The number of nitrogens with one attached hydrogen (secondary N) is 1. The second-order valence-electron chi connectivity index (χ2n) is 6.26. The topological polar surface area (TPSA) is 68.0 Å². The zero-order chi connectivity index (χ0) is 18.7. The highest BCUT2D eigenvalue weighted by Crippen LogP contribution is 2.28. The van der Waals surface area contributed by atoms with Gasteiger partial charge in [0, 0.05) is 11.3 Å². The number of aromatic nitrogens is 2. The lowest BCUT2D eigenvalue weighted by molar-refractivity contribution is -0.115. The van der Waals surface area contributed by atoms with Gasteiger partial charge < -0.3 is 9.73 Å². The number of anilines is 1. The van der Waals surface area contributed by atoms with E-state index in [4.69, 9.17) is 4.42 Å². The van der Waals surface area contributed by atoms with Crippen LogP contribution in [0.4, 0.5) is 5.69 Å². The maximum atomic E-state index is 12.5. The fourth-order valence-electron chi connectivity index (χ4n) is 2.49. The normalized spacial score (nSPS) is 12.0. The molecular weight excluding hydrogens is 346 g/mol. The van der Waals surface area contributed by atoms with Gasteiger partial charge in [-0.3, -0.25) is 4.79 Å². The summed E-state index contributed by atoms with van der Waals surface area (Å²) in [5.41, 5.74) is 4.92. The van der Waals surface area contributed by atoms with Crippen molar-refractivity contribution in [1.82, 2.24) is 10.2 Å². The summed E-state index contributed by atoms with van der Waals surface area (Å²) < 4.78 is 5.73. The molecule has 2 aromatic carbocycles. The molecule has 26 heavy (non-hydrogen) atoms. The molecule has 0 aliphatic carbocycles. The van der Waals surface area contributed by atoms with Crippen LogP contribution in [0.3, 0.4) is 0 Å². The van der Waals surface area contributed by atoms with Crippen molar-refractivity contribution in [3.05, 3.63) is 59.2 Å². The lowest BCUT2D eigenvalue weighted by atomic mass is 10.1. The SMILES string of the molecule is Cc1ccc(C)c(NC(=O)[C@H](C)Sc2nnc(-c3ccccc3C)o2)c1. The summed E-state index contributed by atoms with van der Waals surface area (Å²) in [4.78, 5) is 12.5. The van der Waals surface area contributed by atoms with Crippen molar-refractivity contribution in [3.8, 4) is 11.5 Å². The van der Waals surface area contributed by atoms with E-state index < -0.39 is 0 Å². The van der Waals surface area contributed by atoms with Crippen LogP contribution in [-0.4, -0.2) is 21.4 Å². The number of carbonyl (C=O) groups is 1. The third-order valence-electron chi connectivity index (χ3n) is 4.08. The maximum Gasteiger partial charge on any atom is 0.277 e. The number of aryl methyl sites for hydroxylation is 3. The number of thioether (sulfide) groups is 1. The molecule has 0 spiro atoms. The Morgan fingerprint density at radius 2 is 1.85 bits per heavy atom. The van der Waals surface area contributed by atoms with Crippen LogP contribution >= 0.6 is 11.8 Å². The number of hydrogen-bond acceptors (Lipinski definition) is 5. The van der Waals surface area contributed by atoms with Crippen LogP contribution in [0.2, 0.25) is 0 Å². The largest absolute Gasteiger partial charge is 0.411 e. The summed E-state index contributed by atoms with van der Waals surface area (Å²) in [5, 5.41) is 11.2. The summed E-state index contributed by atoms with van der Waals surface area (Å²) >= 11 is 1.25. The van der Waals surface area contributed by atoms with Crippen LogP contribution < -0.4 is 5.32 Å². The molecule has 0 saturated carbocycles. The molecule has 134 valence electrons. The Hall–Kier alpha value is -2.60. The Morgan fingerprint density at radius 3 is 2.62 bits per heavy atom. The van der Waals surface area contributed by atoms with Gasteiger partial charge in [-0.25, -0.2) is 0 Å². The number of amides is 1. The lowest BCUT2D eigenvalue weighted by Gasteiger charge is -2.12. The Morgan fingerprint density at radius 1 is 1.08 bits per heavy atom. The van der Waals surface area contributed by atoms with Crippen molar-refractivity contribution >= 4 is 23.4 Å². The van der Waals surface area contributed by atoms with E-state index in [1.807, 2.05) is 70.2 Å². The second kappa shape index (κ2) is 7.74. The molecule has 0 bridgehead atoms. The van der Waals surface area contributed by atoms with Gasteiger partial charge in [0.2, 0.25) is 11.8 Å². The molecule has 3 aromatic rings. The minimum Gasteiger partial charge on any atom is -0.411 e. The van der Waals surface area contributed by atoms with Crippen molar-refractivity contribution in [2.75, 3.05) is 5.32 Å². The van der Waals surface area contributed by atoms with Gasteiger partial charge in [-0.05, 0) is 56.5 Å². The highest BCUT2D eigenvalue weighted by Gasteiger charge is 2.19. The Balaban J connectivity index is 1.68. The maximum absolute atomic E-state index is 12.5. The molecule has 0 aliphatic rings. The lowest BCUT2D eigenvalue weighted by Crippen LogP contribution is -2.22. The fraction of sp³-hybridized carbons (Fsp3) is 0.250. The van der Waals surface area contributed by atoms with Crippen LogP contribution in [0.15, 0.2) is 52.1 Å². The molecule has 0 radical (unpaired) electrons. The first-order chi connectivity index (χ1) is 12.4. The van der Waals surface area contributed by atoms with Gasteiger partial charge in [0.15, 0.2) is 0 Å². The van der Waals surface area contributed by atoms with E-state index in [1.54, 1.807) is 0 Å². The standard InChI is InChI=1S/C20H21N3O2S/c1-12-9-10-14(3)17(11-12)21-18(24)15(4)26-20-23-22-19(25-20)16-8-6-5-7-13(16)2/h5-11,15H,1-4H3,(H,21,24)/t15-/m0/s1. The quantitative estimate of drug-likeness (QED) is 0.657. The van der Waals surface area contributed by atoms with Crippen molar-refractivity contribution < 1.29 is 9.21 Å². The van der Waals surface area contributed by atoms with E-state index in [-0.39, 0.29) is 11.2 Å². The molecule has 1 atom stereocenters. The molecule has 6 heteroatoms. The number of benzene rings is 2. The molecule has 0 unspecified atom stereocenters. The fourth-order valence-corrected chi connectivity index (χ4v) is 3.17. The molecule has 1 aromatic heterocycles. The van der Waals surface area contributed by atoms with Crippen LogP contribution in [0.25, 0.3) is 11.5 Å². The van der Waals surface area contributed by atoms with Gasteiger partial charge in [-0.15, -0.1) is 10.2 Å². The van der Waals surface area contributed by atoms with Crippen LogP contribution in [-0.2, 0) is 4.79 Å². The summed E-state index contributed by atoms with van der Waals surface area (Å²) in [7, 11) is 0. The van der Waals surface area contributed by atoms with Gasteiger partial charge >= 0.3 is 0 Å². The van der Waals surface area contributed by atoms with Gasteiger partial charge in [-0.1, -0.05) is 42.1 Å². The summed E-state index contributed by atoms with van der Waals surface area (Å²) in [5.74, 6) is 0.368. The minimum atomic E-state index is -0.361. The van der Waals surface area contributed by atoms with E-state index in [0.29, 0.717) is 11.1 Å². The van der Waals surface area contributed by atoms with Gasteiger partial charge in [0.1, 0.15) is 0 Å². The Kier molecular flexibility index (Phi) is 5.42. The Labute approximate surface area is 157 Å². The summed E-state index contributed by atoms with van der Waals surface area (Å²) in [6.07, 6.45) is 0. The van der Waals surface area contributed by atoms with Crippen LogP contribution in [0, 0.1) is 20.8 Å². The first kappa shape index (κ1) is 18.2. The predicted octanol–water partition coefficient (Wildman–Crippen LogP) is 4.78. The van der Waals surface area contributed by atoms with Gasteiger partial charge in [0.25, 0.3) is 5.22 Å². The number of rotatable bonds is 5. The van der Waals surface area contributed by atoms with Crippen molar-refractivity contribution in [2.24, 2.45) is 0 Å². The van der Waals surface area contributed by atoms with E-state index >= 15 is 0 Å². The Bertz CT molecular complexity index is 936. The molecule has 1 amide bonds. The molecule has 1 heterocycles. The van der Waals surface area contributed by atoms with Crippen molar-refractivity contribution in [3.63, 3.8) is 0 Å². The molecule has 0 aliphatic heterocycles. The highest BCUT2D eigenvalue weighted by molar-refractivity contribution is 8.00. The molecule has 1 N–H and O–H groups in total. The second-order valence-corrected chi connectivity index (χ2v) is 7.55. The predicted molar refractivity (Wildman–Crippen MR) is 104 cm³/mol.